The largest absolute Gasteiger partial charge is 0.497 e. The van der Waals surface area contributed by atoms with E-state index in [1.807, 2.05) is 30.3 Å². The highest BCUT2D eigenvalue weighted by Gasteiger charge is 2.11. The van der Waals surface area contributed by atoms with Crippen LogP contribution < -0.4 is 9.47 Å². The van der Waals surface area contributed by atoms with Crippen LogP contribution in [0, 0.1) is 0 Å². The van der Waals surface area contributed by atoms with Crippen molar-refractivity contribution in [2.24, 2.45) is 0 Å². The lowest BCUT2D eigenvalue weighted by Crippen LogP contribution is -1.94. The second kappa shape index (κ2) is 5.24. The van der Waals surface area contributed by atoms with Crippen molar-refractivity contribution in [3.05, 3.63) is 42.7 Å². The van der Waals surface area contributed by atoms with Crippen molar-refractivity contribution in [1.82, 2.24) is 20.2 Å². The van der Waals surface area contributed by atoms with Crippen LogP contribution in [0.3, 0.4) is 0 Å². The van der Waals surface area contributed by atoms with Crippen molar-refractivity contribution in [3.63, 3.8) is 0 Å². The van der Waals surface area contributed by atoms with Crippen LogP contribution in [-0.4, -0.2) is 34.4 Å². The highest BCUT2D eigenvalue weighted by atomic mass is 16.5. The van der Waals surface area contributed by atoms with Crippen molar-refractivity contribution in [2.45, 2.75) is 0 Å². The molecule has 4 aromatic rings. The summed E-state index contributed by atoms with van der Waals surface area (Å²) >= 11 is 0. The topological polar surface area (TPSA) is 72.9 Å². The number of H-pyrrole nitrogens is 1. The molecule has 6 heteroatoms. The smallest absolute Gasteiger partial charge is 0.128 e. The van der Waals surface area contributed by atoms with Crippen molar-refractivity contribution in [1.29, 1.82) is 0 Å². The molecule has 0 atom stereocenters. The standard InChI is InChI=1S/C17H14N4O2/c1-22-11-3-4-17(23-2)12(6-11)16-9-18-14-7-13-10(8-19-21-13)5-15(14)20-16/h3-9H,1-2H3,(H,19,21). The third-order valence-corrected chi connectivity index (χ3v) is 3.78. The summed E-state index contributed by atoms with van der Waals surface area (Å²) in [6.45, 7) is 0. The van der Waals surface area contributed by atoms with Gasteiger partial charge in [0.25, 0.3) is 0 Å². The minimum Gasteiger partial charge on any atom is -0.497 e. The second-order valence-electron chi connectivity index (χ2n) is 5.12. The van der Waals surface area contributed by atoms with E-state index in [0.29, 0.717) is 0 Å². The fraction of sp³-hybridized carbons (Fsp3) is 0.118. The highest BCUT2D eigenvalue weighted by Crippen LogP contribution is 2.33. The molecule has 6 nitrogen and oxygen atoms in total. The molecule has 0 radical (unpaired) electrons. The summed E-state index contributed by atoms with van der Waals surface area (Å²) in [6.07, 6.45) is 3.51. The number of nitrogens with one attached hydrogen (secondary N) is 1. The van der Waals surface area contributed by atoms with Gasteiger partial charge in [0.15, 0.2) is 0 Å². The molecular formula is C17H14N4O2. The number of rotatable bonds is 3. The molecule has 0 aliphatic rings. The number of hydrogen-bond donors (Lipinski definition) is 1. The molecule has 114 valence electrons. The Labute approximate surface area is 132 Å². The fourth-order valence-electron chi connectivity index (χ4n) is 2.59. The fourth-order valence-corrected chi connectivity index (χ4v) is 2.59. The van der Waals surface area contributed by atoms with E-state index < -0.39 is 0 Å². The molecule has 23 heavy (non-hydrogen) atoms. The molecule has 2 aromatic carbocycles. The lowest BCUT2D eigenvalue weighted by atomic mass is 10.1. The van der Waals surface area contributed by atoms with Crippen molar-refractivity contribution in [2.75, 3.05) is 14.2 Å². The molecule has 0 aliphatic carbocycles. The number of methoxy groups -OCH3 is 2. The zero-order chi connectivity index (χ0) is 15.8. The molecule has 0 bridgehead atoms. The van der Waals surface area contributed by atoms with E-state index in [-0.39, 0.29) is 0 Å². The van der Waals surface area contributed by atoms with Gasteiger partial charge in [-0.1, -0.05) is 0 Å². The number of ether oxygens (including phenoxy) is 2. The predicted octanol–water partition coefficient (Wildman–Crippen LogP) is 3.19. The first-order valence-electron chi connectivity index (χ1n) is 7.11. The summed E-state index contributed by atoms with van der Waals surface area (Å²) in [5.74, 6) is 1.47. The minimum absolute atomic E-state index is 0.726. The van der Waals surface area contributed by atoms with Crippen molar-refractivity contribution < 1.29 is 9.47 Å². The zero-order valence-electron chi connectivity index (χ0n) is 12.7. The first-order chi connectivity index (χ1) is 11.3. The lowest BCUT2D eigenvalue weighted by Gasteiger charge is -2.10. The third-order valence-electron chi connectivity index (χ3n) is 3.78. The highest BCUT2D eigenvalue weighted by molar-refractivity contribution is 5.93. The van der Waals surface area contributed by atoms with Crippen LogP contribution in [0.15, 0.2) is 42.7 Å². The van der Waals surface area contributed by atoms with Gasteiger partial charge in [-0.2, -0.15) is 5.10 Å². The van der Waals surface area contributed by atoms with Gasteiger partial charge in [0.1, 0.15) is 11.5 Å². The van der Waals surface area contributed by atoms with Crippen molar-refractivity contribution in [3.8, 4) is 22.8 Å². The summed E-state index contributed by atoms with van der Waals surface area (Å²) in [5.41, 5.74) is 4.14. The van der Waals surface area contributed by atoms with E-state index >= 15 is 0 Å². The van der Waals surface area contributed by atoms with Gasteiger partial charge in [-0.05, 0) is 30.3 Å². The zero-order valence-corrected chi connectivity index (χ0v) is 12.7. The Balaban J connectivity index is 1.93. The molecule has 0 saturated carbocycles. The van der Waals surface area contributed by atoms with Gasteiger partial charge in [0, 0.05) is 10.9 Å². The van der Waals surface area contributed by atoms with Crippen LogP contribution in [0.5, 0.6) is 11.5 Å². The molecule has 4 rings (SSSR count). The number of aromatic nitrogens is 4. The maximum absolute atomic E-state index is 5.43. The van der Waals surface area contributed by atoms with Gasteiger partial charge in [-0.15, -0.1) is 0 Å². The van der Waals surface area contributed by atoms with Crippen LogP contribution in [0.1, 0.15) is 0 Å². The lowest BCUT2D eigenvalue weighted by molar-refractivity contribution is 0.404. The molecule has 1 N–H and O–H groups in total. The average molecular weight is 306 g/mol. The number of benzene rings is 2. The number of aromatic amines is 1. The average Bonchev–Trinajstić information content (AvgIpc) is 3.05. The van der Waals surface area contributed by atoms with Gasteiger partial charge in [-0.25, -0.2) is 4.98 Å². The summed E-state index contributed by atoms with van der Waals surface area (Å²) in [5, 5.41) is 7.98. The Morgan fingerprint density at radius 3 is 2.70 bits per heavy atom. The SMILES string of the molecule is COc1ccc(OC)c(-c2cnc3cc4[nH]ncc4cc3n2)c1. The Kier molecular flexibility index (Phi) is 3.08. The molecule has 0 amide bonds. The maximum atomic E-state index is 5.43. The normalized spacial score (nSPS) is 11.0. The van der Waals surface area contributed by atoms with Gasteiger partial charge < -0.3 is 9.47 Å². The molecule has 2 aromatic heterocycles. The van der Waals surface area contributed by atoms with Gasteiger partial charge in [0.05, 0.1) is 48.9 Å². The van der Waals surface area contributed by atoms with Crippen LogP contribution in [-0.2, 0) is 0 Å². The predicted molar refractivity (Wildman–Crippen MR) is 87.7 cm³/mol. The first kappa shape index (κ1) is 13.5. The van der Waals surface area contributed by atoms with Crippen LogP contribution in [0.25, 0.3) is 33.2 Å². The van der Waals surface area contributed by atoms with Crippen LogP contribution in [0.2, 0.25) is 0 Å². The summed E-state index contributed by atoms with van der Waals surface area (Å²) < 4.78 is 10.7. The number of hydrogen-bond acceptors (Lipinski definition) is 5. The molecule has 0 fully saturated rings. The van der Waals surface area contributed by atoms with E-state index in [0.717, 1.165) is 44.7 Å². The van der Waals surface area contributed by atoms with E-state index in [4.69, 9.17) is 14.5 Å². The summed E-state index contributed by atoms with van der Waals surface area (Å²) in [4.78, 5) is 9.23. The molecule has 0 aliphatic heterocycles. The van der Waals surface area contributed by atoms with Gasteiger partial charge in [0.2, 0.25) is 0 Å². The van der Waals surface area contributed by atoms with Crippen molar-refractivity contribution >= 4 is 21.9 Å². The van der Waals surface area contributed by atoms with Gasteiger partial charge >= 0.3 is 0 Å². The molecule has 0 spiro atoms. The second-order valence-corrected chi connectivity index (χ2v) is 5.12. The quantitative estimate of drug-likeness (QED) is 0.629. The number of nitrogens with zero attached hydrogens (tertiary/aromatic N) is 3. The Bertz CT molecular complexity index is 1010. The summed E-state index contributed by atoms with van der Waals surface area (Å²) in [7, 11) is 3.27. The number of fused-ring (bicyclic) bond motifs is 2. The molecule has 2 heterocycles. The van der Waals surface area contributed by atoms with Crippen LogP contribution in [0.4, 0.5) is 0 Å². The van der Waals surface area contributed by atoms with E-state index in [9.17, 15) is 0 Å². The molecule has 0 unspecified atom stereocenters. The Morgan fingerprint density at radius 2 is 1.87 bits per heavy atom. The first-order valence-corrected chi connectivity index (χ1v) is 7.11. The van der Waals surface area contributed by atoms with E-state index in [1.54, 1.807) is 26.6 Å². The third kappa shape index (κ3) is 2.24. The Morgan fingerprint density at radius 1 is 0.957 bits per heavy atom. The van der Waals surface area contributed by atoms with Crippen LogP contribution >= 0.6 is 0 Å². The van der Waals surface area contributed by atoms with Gasteiger partial charge in [-0.3, -0.25) is 10.1 Å². The van der Waals surface area contributed by atoms with E-state index in [1.165, 1.54) is 0 Å². The Hall–Kier alpha value is -3.15. The monoisotopic (exact) mass is 306 g/mol. The molecule has 0 saturated heterocycles. The van der Waals surface area contributed by atoms with E-state index in [2.05, 4.69) is 15.2 Å². The minimum atomic E-state index is 0.726. The molecular weight excluding hydrogens is 292 g/mol. The summed E-state index contributed by atoms with van der Waals surface area (Å²) in [6, 6.07) is 9.52. The maximum Gasteiger partial charge on any atom is 0.128 e.